The Morgan fingerprint density at radius 1 is 1.38 bits per heavy atom. The maximum atomic E-state index is 12.3. The highest BCUT2D eigenvalue weighted by Crippen LogP contribution is 2.13. The maximum Gasteiger partial charge on any atom is 0.258 e. The first-order valence-corrected chi connectivity index (χ1v) is 7.70. The molecule has 0 amide bonds. The largest absolute Gasteiger partial charge is 0.481 e. The van der Waals surface area contributed by atoms with E-state index in [0.29, 0.717) is 18.0 Å². The minimum Gasteiger partial charge on any atom is -0.481 e. The quantitative estimate of drug-likeness (QED) is 0.665. The fourth-order valence-electron chi connectivity index (χ4n) is 1.77. The maximum absolute atomic E-state index is 12.3. The molecule has 0 atom stereocenters. The third kappa shape index (κ3) is 3.78. The normalized spacial score (nSPS) is 11.5. The molecular weight excluding hydrogens is 294 g/mol. The van der Waals surface area contributed by atoms with Crippen molar-refractivity contribution < 1.29 is 13.2 Å². The number of rotatable bonds is 7. The van der Waals surface area contributed by atoms with E-state index in [1.807, 2.05) is 0 Å². The van der Waals surface area contributed by atoms with Crippen LogP contribution in [0.3, 0.4) is 0 Å². The number of H-pyrrole nitrogens is 1. The average molecular weight is 311 g/mol. The number of pyridine rings is 1. The van der Waals surface area contributed by atoms with E-state index < -0.39 is 10.0 Å². The Morgan fingerprint density at radius 2 is 2.19 bits per heavy atom. The lowest BCUT2D eigenvalue weighted by Crippen LogP contribution is -2.25. The Kier molecular flexibility index (Phi) is 4.89. The summed E-state index contributed by atoms with van der Waals surface area (Å²) in [6, 6.07) is 3.39. The topological polar surface area (TPSA) is 109 Å². The lowest BCUT2D eigenvalue weighted by molar-refractivity contribution is 0.397. The summed E-state index contributed by atoms with van der Waals surface area (Å²) in [6.45, 7) is 0.551. The highest BCUT2D eigenvalue weighted by Gasteiger charge is 2.20. The molecule has 0 aliphatic rings. The summed E-state index contributed by atoms with van der Waals surface area (Å²) in [7, 11) is -0.416. The van der Waals surface area contributed by atoms with Crippen LogP contribution in [0.2, 0.25) is 0 Å². The van der Waals surface area contributed by atoms with Gasteiger partial charge in [-0.1, -0.05) is 0 Å². The van der Waals surface area contributed by atoms with Crippen LogP contribution in [-0.2, 0) is 23.1 Å². The van der Waals surface area contributed by atoms with Gasteiger partial charge in [0.1, 0.15) is 0 Å². The van der Waals surface area contributed by atoms with Crippen molar-refractivity contribution in [1.82, 2.24) is 25.2 Å². The van der Waals surface area contributed by atoms with Crippen LogP contribution in [0.1, 0.15) is 11.1 Å². The molecule has 0 saturated carbocycles. The van der Waals surface area contributed by atoms with E-state index in [1.165, 1.54) is 13.3 Å². The number of ether oxygens (including phenoxy) is 1. The summed E-state index contributed by atoms with van der Waals surface area (Å²) in [4.78, 5) is 3.97. The number of methoxy groups -OCH3 is 1. The van der Waals surface area contributed by atoms with Crippen LogP contribution >= 0.6 is 0 Å². The molecule has 21 heavy (non-hydrogen) atoms. The molecule has 0 bridgehead atoms. The van der Waals surface area contributed by atoms with Crippen molar-refractivity contribution in [2.75, 3.05) is 14.2 Å². The monoisotopic (exact) mass is 311 g/mol. The first-order chi connectivity index (χ1) is 10.1. The molecule has 2 aromatic rings. The number of aromatic amines is 1. The third-order valence-electron chi connectivity index (χ3n) is 2.79. The lowest BCUT2D eigenvalue weighted by Gasteiger charge is -2.08. The van der Waals surface area contributed by atoms with E-state index in [1.54, 1.807) is 25.4 Å². The molecule has 0 radical (unpaired) electrons. The number of sulfonamides is 1. The summed E-state index contributed by atoms with van der Waals surface area (Å²) in [6.07, 6.45) is 3.05. The second kappa shape index (κ2) is 6.66. The summed E-state index contributed by atoms with van der Waals surface area (Å²) in [5.74, 6) is 0.434. The van der Waals surface area contributed by atoms with E-state index in [-0.39, 0.29) is 11.6 Å². The smallest absolute Gasteiger partial charge is 0.258 e. The van der Waals surface area contributed by atoms with Gasteiger partial charge in [-0.15, -0.1) is 0 Å². The lowest BCUT2D eigenvalue weighted by atomic mass is 10.3. The standard InChI is InChI=1S/C12H17N5O3S/c1-13-7-10-8-15-17-12(10)21(18,19)16-6-9-3-4-14-11(5-9)20-2/h3-5,8,13,16H,6-7H2,1-2H3,(H,15,17). The van der Waals surface area contributed by atoms with Crippen LogP contribution in [0.15, 0.2) is 29.6 Å². The predicted octanol–water partition coefficient (Wildman–Crippen LogP) is 0.0112. The highest BCUT2D eigenvalue weighted by atomic mass is 32.2. The molecule has 3 N–H and O–H groups in total. The average Bonchev–Trinajstić information content (AvgIpc) is 2.95. The Hall–Kier alpha value is -1.97. The van der Waals surface area contributed by atoms with Gasteiger partial charge < -0.3 is 10.1 Å². The van der Waals surface area contributed by atoms with Crippen molar-refractivity contribution in [3.05, 3.63) is 35.7 Å². The fourth-order valence-corrected chi connectivity index (χ4v) is 2.91. The van der Waals surface area contributed by atoms with E-state index in [2.05, 4.69) is 25.2 Å². The second-order valence-electron chi connectivity index (χ2n) is 4.29. The Labute approximate surface area is 123 Å². The number of aromatic nitrogens is 3. The molecule has 2 aromatic heterocycles. The van der Waals surface area contributed by atoms with Crippen molar-refractivity contribution in [3.63, 3.8) is 0 Å². The van der Waals surface area contributed by atoms with Crippen molar-refractivity contribution in [2.24, 2.45) is 0 Å². The van der Waals surface area contributed by atoms with Crippen molar-refractivity contribution in [2.45, 2.75) is 18.1 Å². The van der Waals surface area contributed by atoms with Gasteiger partial charge in [0.15, 0.2) is 5.03 Å². The van der Waals surface area contributed by atoms with Gasteiger partial charge in [0, 0.05) is 30.9 Å². The Morgan fingerprint density at radius 3 is 2.90 bits per heavy atom. The summed E-state index contributed by atoms with van der Waals surface area (Å²) in [5.41, 5.74) is 1.33. The summed E-state index contributed by atoms with van der Waals surface area (Å²) < 4.78 is 32.0. The van der Waals surface area contributed by atoms with Crippen molar-refractivity contribution >= 4 is 10.0 Å². The van der Waals surface area contributed by atoms with Gasteiger partial charge in [-0.25, -0.2) is 18.1 Å². The van der Waals surface area contributed by atoms with Gasteiger partial charge in [-0.05, 0) is 18.7 Å². The first-order valence-electron chi connectivity index (χ1n) is 6.22. The van der Waals surface area contributed by atoms with Gasteiger partial charge in [-0.2, -0.15) is 5.10 Å². The van der Waals surface area contributed by atoms with Crippen LogP contribution < -0.4 is 14.8 Å². The van der Waals surface area contributed by atoms with Gasteiger partial charge in [0.2, 0.25) is 5.88 Å². The zero-order valence-corrected chi connectivity index (χ0v) is 12.6. The minimum atomic E-state index is -3.66. The number of hydrogen-bond acceptors (Lipinski definition) is 6. The molecule has 0 saturated heterocycles. The van der Waals surface area contributed by atoms with E-state index in [9.17, 15) is 8.42 Å². The number of nitrogens with zero attached hydrogens (tertiary/aromatic N) is 2. The molecule has 0 aromatic carbocycles. The number of nitrogens with one attached hydrogen (secondary N) is 3. The number of hydrogen-bond donors (Lipinski definition) is 3. The Balaban J connectivity index is 2.12. The van der Waals surface area contributed by atoms with Gasteiger partial charge >= 0.3 is 0 Å². The molecule has 0 fully saturated rings. The first kappa shape index (κ1) is 15.4. The van der Waals surface area contributed by atoms with E-state index in [4.69, 9.17) is 4.74 Å². The molecule has 0 unspecified atom stereocenters. The molecule has 114 valence electrons. The Bertz CT molecular complexity index is 698. The van der Waals surface area contributed by atoms with Crippen molar-refractivity contribution in [3.8, 4) is 5.88 Å². The fraction of sp³-hybridized carbons (Fsp3) is 0.333. The second-order valence-corrected chi connectivity index (χ2v) is 5.99. The van der Waals surface area contributed by atoms with Crippen LogP contribution in [0.5, 0.6) is 5.88 Å². The zero-order chi connectivity index (χ0) is 15.3. The molecule has 0 spiro atoms. The van der Waals surface area contributed by atoms with Crippen molar-refractivity contribution in [1.29, 1.82) is 0 Å². The highest BCUT2D eigenvalue weighted by molar-refractivity contribution is 7.89. The predicted molar refractivity (Wildman–Crippen MR) is 76.2 cm³/mol. The zero-order valence-electron chi connectivity index (χ0n) is 11.8. The molecule has 2 rings (SSSR count). The molecule has 9 heteroatoms. The van der Waals surface area contributed by atoms with Crippen LogP contribution in [0.4, 0.5) is 0 Å². The molecule has 2 heterocycles. The summed E-state index contributed by atoms with van der Waals surface area (Å²) >= 11 is 0. The SMILES string of the molecule is CNCc1cn[nH]c1S(=O)(=O)NCc1ccnc(OC)c1. The van der Waals surface area contributed by atoms with E-state index in [0.717, 1.165) is 5.56 Å². The summed E-state index contributed by atoms with van der Waals surface area (Å²) in [5, 5.41) is 9.25. The van der Waals surface area contributed by atoms with Crippen LogP contribution in [0, 0.1) is 0 Å². The molecule has 8 nitrogen and oxygen atoms in total. The molecule has 0 aliphatic carbocycles. The molecule has 0 aliphatic heterocycles. The van der Waals surface area contributed by atoms with Gasteiger partial charge in [0.05, 0.1) is 13.3 Å². The minimum absolute atomic E-state index is 0.0675. The molecular formula is C12H17N5O3S. The van der Waals surface area contributed by atoms with E-state index >= 15 is 0 Å². The third-order valence-corrected chi connectivity index (χ3v) is 4.20. The van der Waals surface area contributed by atoms with Gasteiger partial charge in [-0.3, -0.25) is 5.10 Å². The van der Waals surface area contributed by atoms with Crippen LogP contribution in [0.25, 0.3) is 0 Å². The van der Waals surface area contributed by atoms with Gasteiger partial charge in [0.25, 0.3) is 10.0 Å². The van der Waals surface area contributed by atoms with Crippen LogP contribution in [-0.4, -0.2) is 37.8 Å².